The number of hydrogen-bond donors (Lipinski definition) is 8. The number of benzene rings is 3. The van der Waals surface area contributed by atoms with E-state index in [-0.39, 0.29) is 52.7 Å². The minimum atomic E-state index is -0.489. The molecule has 0 aliphatic rings. The molecule has 398 valence electrons. The lowest BCUT2D eigenvalue weighted by atomic mass is 10.1. The Kier molecular flexibility index (Phi) is 20.1. The highest BCUT2D eigenvalue weighted by atomic mass is 127. The zero-order valence-electron chi connectivity index (χ0n) is 42.0. The number of aliphatic hydroxyl groups is 2. The smallest absolute Gasteiger partial charge is 0.257 e. The molecule has 9 rings (SSSR count). The van der Waals surface area contributed by atoms with Gasteiger partial charge in [-0.3, -0.25) is 28.8 Å². The molecule has 0 saturated heterocycles. The summed E-state index contributed by atoms with van der Waals surface area (Å²) in [6, 6.07) is 26.4. The normalized spacial score (nSPS) is 10.7. The van der Waals surface area contributed by atoms with Crippen molar-refractivity contribution in [3.8, 4) is 11.8 Å². The fraction of sp³-hybridized carbons (Fsp3) is 0.175. The summed E-state index contributed by atoms with van der Waals surface area (Å²) < 4.78 is 0.879. The predicted molar refractivity (Wildman–Crippen MR) is 311 cm³/mol. The number of amides is 3. The number of nitrogens with one attached hydrogen (secondary N) is 6. The van der Waals surface area contributed by atoms with Crippen LogP contribution in [0.15, 0.2) is 124 Å². The third-order valence-electron chi connectivity index (χ3n) is 11.9. The van der Waals surface area contributed by atoms with Crippen LogP contribution in [0, 0.1) is 36.2 Å². The number of aromatic amines is 3. The first-order valence-electron chi connectivity index (χ1n) is 24.0. The average molecular weight is 1220 g/mol. The van der Waals surface area contributed by atoms with Crippen LogP contribution in [-0.4, -0.2) is 71.1 Å². The highest BCUT2D eigenvalue weighted by Crippen LogP contribution is 2.18. The van der Waals surface area contributed by atoms with Crippen molar-refractivity contribution >= 4 is 108 Å². The maximum atomic E-state index is 12.8. The number of fused-ring (bicyclic) bond motifs is 3. The van der Waals surface area contributed by atoms with E-state index in [2.05, 4.69) is 80.3 Å². The lowest BCUT2D eigenvalue weighted by molar-refractivity contribution is 0.0941. The summed E-state index contributed by atoms with van der Waals surface area (Å²) in [6.07, 6.45) is 5.36. The molecule has 21 heteroatoms. The maximum absolute atomic E-state index is 12.8. The summed E-state index contributed by atoms with van der Waals surface area (Å²) in [5.41, 5.74) is 6.58. The number of carbonyl (C=O) groups excluding carboxylic acids is 3. The molecule has 0 aliphatic carbocycles. The van der Waals surface area contributed by atoms with Gasteiger partial charge in [-0.15, -0.1) is 0 Å². The highest BCUT2D eigenvalue weighted by Gasteiger charge is 2.18. The van der Waals surface area contributed by atoms with E-state index in [1.165, 1.54) is 18.6 Å². The molecule has 0 spiro atoms. The van der Waals surface area contributed by atoms with Gasteiger partial charge in [0.2, 0.25) is 16.3 Å². The number of aliphatic hydroxyl groups excluding tert-OH is 2. The molecule has 0 atom stereocenters. The quantitative estimate of drug-likeness (QED) is 0.0426. The van der Waals surface area contributed by atoms with E-state index in [1.807, 2.05) is 38.1 Å². The Morgan fingerprint density at radius 1 is 0.551 bits per heavy atom. The Bertz CT molecular complexity index is 3950. The standard InChI is InChI=1S/C20H20ClN3O3.C20H16ClN3O3.C17H13ClIN3O2/c2*1-12-14(3-2-8-25)9-16-18(26)17(11-22-19(16)24-12)20(27)23-10-13-4-6-15(21)7-5-13;1-9-14(19)6-12-15(23)13(8-20-16(12)22-9)17(24)21-7-10-2-4-11(18)5-3-10/h4-7,9,11,25H,2-3,8,10H2,1H3,(H,23,27)(H,22,24,26);4-7,9,11,25H,8,10H2,1H3,(H,23,27)(H,22,24,26);2-6,8H,7H2,1H3,(H,21,24)(H,20,22,23). The second-order valence-corrected chi connectivity index (χ2v) is 19.9. The molecule has 0 bridgehead atoms. The first-order valence-corrected chi connectivity index (χ1v) is 26.2. The third kappa shape index (κ3) is 14.8. The van der Waals surface area contributed by atoms with Crippen molar-refractivity contribution in [1.82, 2.24) is 45.9 Å². The van der Waals surface area contributed by atoms with Crippen LogP contribution in [0.2, 0.25) is 15.1 Å². The van der Waals surface area contributed by atoms with Crippen LogP contribution in [0.4, 0.5) is 0 Å². The van der Waals surface area contributed by atoms with E-state index < -0.39 is 23.2 Å². The summed E-state index contributed by atoms with van der Waals surface area (Å²) in [7, 11) is 0. The van der Waals surface area contributed by atoms with Gasteiger partial charge in [0.1, 0.15) is 40.2 Å². The zero-order chi connectivity index (χ0) is 56.0. The molecule has 17 nitrogen and oxygen atoms in total. The van der Waals surface area contributed by atoms with Gasteiger partial charge in [-0.1, -0.05) is 83.0 Å². The number of H-pyrrole nitrogens is 3. The molecule has 0 aliphatic heterocycles. The fourth-order valence-corrected chi connectivity index (χ4v) is 8.48. The summed E-state index contributed by atoms with van der Waals surface area (Å²) in [5.74, 6) is 3.92. The van der Waals surface area contributed by atoms with Gasteiger partial charge >= 0.3 is 0 Å². The van der Waals surface area contributed by atoms with Crippen LogP contribution in [0.1, 0.15) is 82.4 Å². The number of halogens is 4. The Balaban J connectivity index is 0.000000170. The SMILES string of the molecule is Cc1nc2[nH]cc(C(=O)NCc3ccc(Cl)cc3)c(=O)c2cc1C#CCO.Cc1nc2[nH]cc(C(=O)NCc3ccc(Cl)cc3)c(=O)c2cc1CCCO.Cc1nc2[nH]cc(C(=O)NCc3ccc(Cl)cc3)c(=O)c2cc1I. The first kappa shape index (κ1) is 57.9. The van der Waals surface area contributed by atoms with E-state index in [1.54, 1.807) is 73.7 Å². The molecule has 9 aromatic rings. The molecule has 0 fully saturated rings. The molecule has 6 heterocycles. The van der Waals surface area contributed by atoms with E-state index in [9.17, 15) is 28.8 Å². The van der Waals surface area contributed by atoms with Crippen molar-refractivity contribution in [3.05, 3.63) is 220 Å². The Morgan fingerprint density at radius 2 is 0.923 bits per heavy atom. The molecule has 8 N–H and O–H groups in total. The third-order valence-corrected chi connectivity index (χ3v) is 13.8. The van der Waals surface area contributed by atoms with Crippen LogP contribution in [0.5, 0.6) is 0 Å². The number of nitrogens with zero attached hydrogens (tertiary/aromatic N) is 3. The summed E-state index contributed by atoms with van der Waals surface area (Å²) in [5, 5.41) is 29.0. The lowest BCUT2D eigenvalue weighted by Gasteiger charge is -2.09. The second-order valence-electron chi connectivity index (χ2n) is 17.4. The molecule has 6 aromatic heterocycles. The van der Waals surface area contributed by atoms with Gasteiger partial charge in [-0.25, -0.2) is 15.0 Å². The van der Waals surface area contributed by atoms with Crippen LogP contribution >= 0.6 is 57.4 Å². The number of carbonyl (C=O) groups is 3. The minimum Gasteiger partial charge on any atom is -0.396 e. The van der Waals surface area contributed by atoms with Crippen LogP contribution < -0.4 is 32.2 Å². The molecule has 0 saturated carbocycles. The number of hydrogen-bond acceptors (Lipinski definition) is 11. The van der Waals surface area contributed by atoms with Crippen LogP contribution in [-0.2, 0) is 26.1 Å². The molecule has 78 heavy (non-hydrogen) atoms. The van der Waals surface area contributed by atoms with E-state index >= 15 is 0 Å². The molecule has 3 aromatic carbocycles. The molecule has 0 radical (unpaired) electrons. The van der Waals surface area contributed by atoms with Crippen molar-refractivity contribution in [2.75, 3.05) is 13.2 Å². The number of aromatic nitrogens is 6. The average Bonchev–Trinajstić information content (AvgIpc) is 3.46. The van der Waals surface area contributed by atoms with Gasteiger partial charge < -0.3 is 41.1 Å². The van der Waals surface area contributed by atoms with Crippen LogP contribution in [0.3, 0.4) is 0 Å². The topological polar surface area (TPSA) is 265 Å². The van der Waals surface area contributed by atoms with Crippen molar-refractivity contribution < 1.29 is 24.6 Å². The van der Waals surface area contributed by atoms with E-state index in [0.29, 0.717) is 80.0 Å². The van der Waals surface area contributed by atoms with E-state index in [4.69, 9.17) is 45.0 Å². The molecular formula is C57H49Cl3IN9O8. The van der Waals surface area contributed by atoms with E-state index in [0.717, 1.165) is 37.2 Å². The van der Waals surface area contributed by atoms with Crippen molar-refractivity contribution in [1.29, 1.82) is 0 Å². The van der Waals surface area contributed by atoms with Crippen molar-refractivity contribution in [2.45, 2.75) is 53.2 Å². The molecule has 3 amide bonds. The van der Waals surface area contributed by atoms with Crippen molar-refractivity contribution in [2.24, 2.45) is 0 Å². The van der Waals surface area contributed by atoms with Gasteiger partial charge in [-0.05, 0) is 133 Å². The zero-order valence-corrected chi connectivity index (χ0v) is 46.5. The number of rotatable bonds is 12. The lowest BCUT2D eigenvalue weighted by Crippen LogP contribution is -2.28. The predicted octanol–water partition coefficient (Wildman–Crippen LogP) is 8.32. The highest BCUT2D eigenvalue weighted by molar-refractivity contribution is 14.1. The molecule has 0 unspecified atom stereocenters. The second kappa shape index (κ2) is 27.0. The minimum absolute atomic E-state index is 0.0109. The van der Waals surface area contributed by atoms with Gasteiger partial charge in [0, 0.05) is 74.7 Å². The first-order chi connectivity index (χ1) is 37.4. The van der Waals surface area contributed by atoms with Gasteiger partial charge in [-0.2, -0.15) is 0 Å². The van der Waals surface area contributed by atoms with Crippen LogP contribution in [0.25, 0.3) is 33.1 Å². The summed E-state index contributed by atoms with van der Waals surface area (Å²) >= 11 is 19.6. The maximum Gasteiger partial charge on any atom is 0.257 e. The fourth-order valence-electron chi connectivity index (χ4n) is 7.67. The number of aryl methyl sites for hydroxylation is 4. The van der Waals surface area contributed by atoms with Gasteiger partial charge in [0.25, 0.3) is 17.7 Å². The van der Waals surface area contributed by atoms with Gasteiger partial charge in [0.05, 0.1) is 27.5 Å². The summed E-state index contributed by atoms with van der Waals surface area (Å²) in [6.45, 7) is 6.14. The summed E-state index contributed by atoms with van der Waals surface area (Å²) in [4.78, 5) is 97.1. The monoisotopic (exact) mass is 1220 g/mol. The largest absolute Gasteiger partial charge is 0.396 e. The van der Waals surface area contributed by atoms with Gasteiger partial charge in [0.15, 0.2) is 0 Å². The number of pyridine rings is 6. The molecular weight excluding hydrogens is 1170 g/mol. The Hall–Kier alpha value is -7.77. The Labute approximate surface area is 474 Å². The van der Waals surface area contributed by atoms with Crippen molar-refractivity contribution in [3.63, 3.8) is 0 Å². The Morgan fingerprint density at radius 3 is 1.32 bits per heavy atom.